The normalized spacial score (nSPS) is 12.6. The Morgan fingerprint density at radius 3 is 2.47 bits per heavy atom. The highest BCUT2D eigenvalue weighted by Crippen LogP contribution is 2.40. The van der Waals surface area contributed by atoms with Crippen molar-refractivity contribution in [3.8, 4) is 10.4 Å². The molecule has 0 bridgehead atoms. The van der Waals surface area contributed by atoms with E-state index in [1.165, 1.54) is 17.0 Å². The minimum absolute atomic E-state index is 0.0199. The number of nitrogens with one attached hydrogen (secondary N) is 1. The maximum absolute atomic E-state index is 13.9. The zero-order valence-electron chi connectivity index (χ0n) is 18.5. The van der Waals surface area contributed by atoms with E-state index in [9.17, 15) is 14.7 Å². The first-order chi connectivity index (χ1) is 16.3. The number of hydrogen-bond acceptors (Lipinski definition) is 4. The molecule has 1 heterocycles. The summed E-state index contributed by atoms with van der Waals surface area (Å²) >= 11 is 13.5. The summed E-state index contributed by atoms with van der Waals surface area (Å²) in [6.45, 7) is 4.00. The molecule has 2 unspecified atom stereocenters. The highest BCUT2D eigenvalue weighted by atomic mass is 35.5. The first-order valence-electron chi connectivity index (χ1n) is 10.6. The van der Waals surface area contributed by atoms with Gasteiger partial charge in [0.05, 0.1) is 16.3 Å². The Hall–Kier alpha value is -2.94. The molecule has 10 heteroatoms. The minimum atomic E-state index is -1.15. The first kappa shape index (κ1) is 25.7. The molecule has 0 fully saturated rings. The summed E-state index contributed by atoms with van der Waals surface area (Å²) in [6.07, 6.45) is 0.688. The monoisotopic (exact) mass is 517 g/mol. The van der Waals surface area contributed by atoms with Gasteiger partial charge in [-0.3, -0.25) is 10.0 Å². The van der Waals surface area contributed by atoms with Crippen LogP contribution in [-0.4, -0.2) is 29.6 Å². The van der Waals surface area contributed by atoms with Gasteiger partial charge in [0.1, 0.15) is 4.88 Å². The number of thiophene rings is 1. The van der Waals surface area contributed by atoms with Crippen molar-refractivity contribution < 1.29 is 14.7 Å². The van der Waals surface area contributed by atoms with Crippen molar-refractivity contribution in [2.75, 3.05) is 11.4 Å². The summed E-state index contributed by atoms with van der Waals surface area (Å²) < 4.78 is 0. The Kier molecular flexibility index (Phi) is 8.66. The van der Waals surface area contributed by atoms with Gasteiger partial charge in [-0.05, 0) is 42.3 Å². The van der Waals surface area contributed by atoms with E-state index in [1.807, 2.05) is 44.2 Å². The third-order valence-corrected chi connectivity index (χ3v) is 7.32. The molecule has 2 N–H and O–H groups in total. The molecule has 178 valence electrons. The number of halogens is 2. The SMILES string of the molecule is CCC(C)C(CNN=[N-])N(C(=O)c1ccc(Cl)cc1Cl)c1cc(-c2ccccc2)sc1C(=O)O. The van der Waals surface area contributed by atoms with Crippen molar-refractivity contribution in [2.24, 2.45) is 11.1 Å². The number of anilines is 1. The van der Waals surface area contributed by atoms with Gasteiger partial charge in [-0.25, -0.2) is 4.79 Å². The zero-order valence-corrected chi connectivity index (χ0v) is 20.9. The molecule has 0 aliphatic rings. The summed E-state index contributed by atoms with van der Waals surface area (Å²) in [4.78, 5) is 28.3. The highest BCUT2D eigenvalue weighted by Gasteiger charge is 2.34. The number of carboxylic acid groups (broad SMARTS) is 1. The van der Waals surface area contributed by atoms with Crippen LogP contribution in [0.4, 0.5) is 5.69 Å². The molecule has 7 nitrogen and oxygen atoms in total. The Labute approximate surface area is 211 Å². The third-order valence-electron chi connectivity index (χ3n) is 5.61. The van der Waals surface area contributed by atoms with Gasteiger partial charge in [0.25, 0.3) is 5.91 Å². The van der Waals surface area contributed by atoms with Crippen LogP contribution in [0.3, 0.4) is 0 Å². The van der Waals surface area contributed by atoms with Crippen LogP contribution >= 0.6 is 34.5 Å². The molecule has 0 aliphatic heterocycles. The predicted octanol–water partition coefficient (Wildman–Crippen LogP) is 7.01. The lowest BCUT2D eigenvalue weighted by molar-refractivity contribution is 0.0702. The minimum Gasteiger partial charge on any atom is -0.477 e. The number of rotatable bonds is 10. The fraction of sp³-hybridized carbons (Fsp3) is 0.250. The third kappa shape index (κ3) is 5.58. The van der Waals surface area contributed by atoms with Gasteiger partial charge in [-0.1, -0.05) is 73.8 Å². The molecular weight excluding hydrogens is 495 g/mol. The highest BCUT2D eigenvalue weighted by molar-refractivity contribution is 7.18. The molecule has 0 radical (unpaired) electrons. The summed E-state index contributed by atoms with van der Waals surface area (Å²) in [5.74, 6) is -1.71. The van der Waals surface area contributed by atoms with Gasteiger partial charge in [0.15, 0.2) is 0 Å². The second-order valence-electron chi connectivity index (χ2n) is 7.71. The van der Waals surface area contributed by atoms with Gasteiger partial charge < -0.3 is 21.0 Å². The van der Waals surface area contributed by atoms with Gasteiger partial charge in [-0.15, -0.1) is 11.3 Å². The second kappa shape index (κ2) is 11.5. The van der Waals surface area contributed by atoms with E-state index in [2.05, 4.69) is 10.6 Å². The average Bonchev–Trinajstić information content (AvgIpc) is 3.27. The van der Waals surface area contributed by atoms with Gasteiger partial charge in [0.2, 0.25) is 0 Å². The smallest absolute Gasteiger partial charge is 0.348 e. The zero-order chi connectivity index (χ0) is 24.8. The molecular formula is C24H23Cl2N4O3S-. The molecule has 0 saturated heterocycles. The number of aromatic carboxylic acids is 1. The number of amides is 1. The fourth-order valence-electron chi connectivity index (χ4n) is 3.64. The summed E-state index contributed by atoms with van der Waals surface area (Å²) in [5, 5.41) is 13.5. The lowest BCUT2D eigenvalue weighted by atomic mass is 9.95. The van der Waals surface area contributed by atoms with Crippen LogP contribution in [0, 0.1) is 5.92 Å². The van der Waals surface area contributed by atoms with Crippen LogP contribution in [0.1, 0.15) is 40.3 Å². The lowest BCUT2D eigenvalue weighted by Crippen LogP contribution is -2.49. The predicted molar refractivity (Wildman–Crippen MR) is 137 cm³/mol. The fourth-order valence-corrected chi connectivity index (χ4v) is 5.13. The second-order valence-corrected chi connectivity index (χ2v) is 9.61. The quantitative estimate of drug-likeness (QED) is 0.223. The summed E-state index contributed by atoms with van der Waals surface area (Å²) in [6, 6.07) is 15.0. The van der Waals surface area contributed by atoms with Crippen molar-refractivity contribution in [2.45, 2.75) is 26.3 Å². The first-order valence-corrected chi connectivity index (χ1v) is 12.1. The topological polar surface area (TPSA) is 104 Å². The van der Waals surface area contributed by atoms with Crippen molar-refractivity contribution in [3.05, 3.63) is 80.6 Å². The molecule has 0 aliphatic carbocycles. The number of carbonyl (C=O) groups is 2. The van der Waals surface area contributed by atoms with Crippen molar-refractivity contribution >= 4 is 52.1 Å². The van der Waals surface area contributed by atoms with E-state index in [4.69, 9.17) is 28.7 Å². The van der Waals surface area contributed by atoms with E-state index in [0.717, 1.165) is 16.9 Å². The number of benzene rings is 2. The van der Waals surface area contributed by atoms with E-state index >= 15 is 0 Å². The molecule has 3 rings (SSSR count). The Bertz CT molecular complexity index is 1190. The molecule has 0 spiro atoms. The standard InChI is InChI=1S/C24H23Cl2N4O3S/c1-3-14(2)20(13-28-29-27)30(23(31)17-10-9-16(25)11-18(17)26)19-12-21(34-22(19)24(32)33)15-7-5-4-6-8-15/h4-12,14,20H,3,13H2,1-2H3,(H2-,27,28,32,33)/q-1. The molecule has 34 heavy (non-hydrogen) atoms. The number of hydrogen-bond donors (Lipinski definition) is 2. The van der Waals surface area contributed by atoms with Crippen LogP contribution < -0.4 is 10.3 Å². The van der Waals surface area contributed by atoms with E-state index in [0.29, 0.717) is 16.3 Å². The van der Waals surface area contributed by atoms with Crippen molar-refractivity contribution in [3.63, 3.8) is 0 Å². The lowest BCUT2D eigenvalue weighted by Gasteiger charge is -2.37. The maximum Gasteiger partial charge on any atom is 0.348 e. The van der Waals surface area contributed by atoms with E-state index in [1.54, 1.807) is 12.1 Å². The Morgan fingerprint density at radius 1 is 1.18 bits per heavy atom. The number of nitrogens with zero attached hydrogens (tertiary/aromatic N) is 3. The summed E-state index contributed by atoms with van der Waals surface area (Å²) in [7, 11) is 0. The molecule has 1 amide bonds. The van der Waals surface area contributed by atoms with Gasteiger partial charge in [0, 0.05) is 15.9 Å². The van der Waals surface area contributed by atoms with E-state index < -0.39 is 17.9 Å². The molecule has 2 aromatic carbocycles. The Morgan fingerprint density at radius 2 is 1.88 bits per heavy atom. The largest absolute Gasteiger partial charge is 0.477 e. The van der Waals surface area contributed by atoms with Crippen LogP contribution in [0.5, 0.6) is 0 Å². The van der Waals surface area contributed by atoms with Crippen LogP contribution in [0.2, 0.25) is 10.0 Å². The van der Waals surface area contributed by atoms with Crippen LogP contribution in [0.25, 0.3) is 16.0 Å². The Balaban J connectivity index is 2.24. The number of carbonyl (C=O) groups excluding carboxylic acids is 1. The summed E-state index contributed by atoms with van der Waals surface area (Å²) in [5.41, 5.74) is 12.8. The molecule has 3 aromatic rings. The molecule has 2 atom stereocenters. The molecule has 1 aromatic heterocycles. The van der Waals surface area contributed by atoms with Gasteiger partial charge >= 0.3 is 5.97 Å². The maximum atomic E-state index is 13.9. The van der Waals surface area contributed by atoms with E-state index in [-0.39, 0.29) is 33.6 Å². The van der Waals surface area contributed by atoms with Crippen molar-refractivity contribution in [1.82, 2.24) is 5.43 Å². The van der Waals surface area contributed by atoms with Gasteiger partial charge in [-0.2, -0.15) is 0 Å². The van der Waals surface area contributed by atoms with Crippen LogP contribution in [0.15, 0.2) is 59.8 Å². The molecule has 0 saturated carbocycles. The van der Waals surface area contributed by atoms with Crippen LogP contribution in [-0.2, 0) is 0 Å². The van der Waals surface area contributed by atoms with Crippen molar-refractivity contribution in [1.29, 1.82) is 0 Å². The average molecular weight is 518 g/mol. The number of carboxylic acids is 1.